The van der Waals surface area contributed by atoms with Gasteiger partial charge in [-0.3, -0.25) is 4.79 Å². The molecule has 6 nitrogen and oxygen atoms in total. The molecule has 2 aromatic carbocycles. The zero-order chi connectivity index (χ0) is 21.3. The summed E-state index contributed by atoms with van der Waals surface area (Å²) in [5, 5.41) is 10.3. The summed E-state index contributed by atoms with van der Waals surface area (Å²) < 4.78 is 18.8. The molecule has 0 unspecified atom stereocenters. The van der Waals surface area contributed by atoms with Crippen molar-refractivity contribution < 1.29 is 13.6 Å². The van der Waals surface area contributed by atoms with Crippen LogP contribution in [-0.2, 0) is 17.8 Å². The molecule has 166 valence electrons. The predicted molar refractivity (Wildman–Crippen MR) is 132 cm³/mol. The molecule has 1 amide bonds. The van der Waals surface area contributed by atoms with Crippen LogP contribution in [0.5, 0.6) is 0 Å². The van der Waals surface area contributed by atoms with E-state index in [1.165, 1.54) is 12.1 Å². The van der Waals surface area contributed by atoms with Crippen LogP contribution in [0.1, 0.15) is 23.8 Å². The van der Waals surface area contributed by atoms with Crippen LogP contribution in [-0.4, -0.2) is 31.5 Å². The summed E-state index contributed by atoms with van der Waals surface area (Å²) in [5.41, 5.74) is 2.73. The molecule has 3 N–H and O–H groups in total. The summed E-state index contributed by atoms with van der Waals surface area (Å²) in [5.74, 6) is 1.07. The minimum Gasteiger partial charge on any atom is -0.459 e. The zero-order valence-electron chi connectivity index (χ0n) is 17.7. The van der Waals surface area contributed by atoms with Gasteiger partial charge in [0.1, 0.15) is 23.7 Å². The SMILES string of the molecule is CCNC(=NCc1oc2ccccc2c1C)NCCNC(=O)Cc1ccc(F)cc1.I. The molecule has 0 saturated carbocycles. The largest absolute Gasteiger partial charge is 0.459 e. The van der Waals surface area contributed by atoms with E-state index in [-0.39, 0.29) is 42.1 Å². The topological polar surface area (TPSA) is 78.7 Å². The zero-order valence-corrected chi connectivity index (χ0v) is 20.0. The van der Waals surface area contributed by atoms with Gasteiger partial charge >= 0.3 is 0 Å². The van der Waals surface area contributed by atoms with Crippen LogP contribution in [0.25, 0.3) is 11.0 Å². The second-order valence-electron chi connectivity index (χ2n) is 6.92. The van der Waals surface area contributed by atoms with E-state index in [9.17, 15) is 9.18 Å². The highest BCUT2D eigenvalue weighted by Gasteiger charge is 2.09. The molecule has 3 rings (SSSR count). The van der Waals surface area contributed by atoms with Crippen LogP contribution in [0.2, 0.25) is 0 Å². The minimum absolute atomic E-state index is 0. The van der Waals surface area contributed by atoms with Crippen molar-refractivity contribution in [2.45, 2.75) is 26.8 Å². The Morgan fingerprint density at radius 1 is 1.03 bits per heavy atom. The number of aliphatic imine (C=N–C) groups is 1. The van der Waals surface area contributed by atoms with E-state index >= 15 is 0 Å². The van der Waals surface area contributed by atoms with Crippen LogP contribution >= 0.6 is 24.0 Å². The maximum Gasteiger partial charge on any atom is 0.224 e. The van der Waals surface area contributed by atoms with Crippen molar-refractivity contribution >= 4 is 46.8 Å². The monoisotopic (exact) mass is 538 g/mol. The van der Waals surface area contributed by atoms with E-state index in [0.29, 0.717) is 25.6 Å². The van der Waals surface area contributed by atoms with Crippen molar-refractivity contribution in [1.29, 1.82) is 0 Å². The number of aryl methyl sites for hydroxylation is 1. The van der Waals surface area contributed by atoms with E-state index in [1.807, 2.05) is 38.1 Å². The Morgan fingerprint density at radius 3 is 2.45 bits per heavy atom. The number of para-hydroxylation sites is 1. The van der Waals surface area contributed by atoms with Gasteiger partial charge < -0.3 is 20.4 Å². The molecule has 8 heteroatoms. The lowest BCUT2D eigenvalue weighted by Crippen LogP contribution is -2.41. The van der Waals surface area contributed by atoms with E-state index in [0.717, 1.165) is 34.4 Å². The first-order chi connectivity index (χ1) is 14.6. The van der Waals surface area contributed by atoms with Crippen LogP contribution in [0.15, 0.2) is 57.9 Å². The molecule has 0 aliphatic carbocycles. The number of hydrogen-bond acceptors (Lipinski definition) is 3. The molecule has 31 heavy (non-hydrogen) atoms. The van der Waals surface area contributed by atoms with Crippen molar-refractivity contribution in [2.75, 3.05) is 19.6 Å². The Balaban J connectivity index is 0.00000341. The summed E-state index contributed by atoms with van der Waals surface area (Å²) in [6.45, 7) is 6.16. The number of furan rings is 1. The summed E-state index contributed by atoms with van der Waals surface area (Å²) >= 11 is 0. The number of halogens is 2. The third-order valence-corrected chi connectivity index (χ3v) is 4.69. The number of nitrogens with one attached hydrogen (secondary N) is 3. The van der Waals surface area contributed by atoms with Crippen LogP contribution in [0, 0.1) is 12.7 Å². The first-order valence-electron chi connectivity index (χ1n) is 10.1. The highest BCUT2D eigenvalue weighted by atomic mass is 127. The third kappa shape index (κ3) is 7.23. The smallest absolute Gasteiger partial charge is 0.224 e. The summed E-state index contributed by atoms with van der Waals surface area (Å²) in [4.78, 5) is 16.6. The number of carbonyl (C=O) groups is 1. The molecule has 0 radical (unpaired) electrons. The number of hydrogen-bond donors (Lipinski definition) is 3. The number of benzene rings is 2. The number of carbonyl (C=O) groups excluding carboxylic acids is 1. The van der Waals surface area contributed by atoms with E-state index in [4.69, 9.17) is 4.42 Å². The standard InChI is InChI=1S/C23H27FN4O2.HI/c1-3-25-23(28-15-21-16(2)19-6-4-5-7-20(19)30-21)27-13-12-26-22(29)14-17-8-10-18(24)11-9-17;/h4-11H,3,12-15H2,1-2H3,(H,26,29)(H2,25,27,28);1H. The molecular weight excluding hydrogens is 510 g/mol. The molecule has 0 atom stereocenters. The van der Waals surface area contributed by atoms with Crippen LogP contribution < -0.4 is 16.0 Å². The number of rotatable bonds is 8. The maximum absolute atomic E-state index is 12.9. The lowest BCUT2D eigenvalue weighted by Gasteiger charge is -2.12. The van der Waals surface area contributed by atoms with Crippen molar-refractivity contribution in [3.8, 4) is 0 Å². The Bertz CT molecular complexity index is 1020. The molecule has 0 spiro atoms. The predicted octanol–water partition coefficient (Wildman–Crippen LogP) is 3.91. The second-order valence-corrected chi connectivity index (χ2v) is 6.92. The van der Waals surface area contributed by atoms with Gasteiger partial charge in [0, 0.05) is 30.6 Å². The van der Waals surface area contributed by atoms with Gasteiger partial charge in [-0.1, -0.05) is 30.3 Å². The minimum atomic E-state index is -0.309. The van der Waals surface area contributed by atoms with E-state index in [1.54, 1.807) is 12.1 Å². The average molecular weight is 538 g/mol. The second kappa shape index (κ2) is 12.3. The van der Waals surface area contributed by atoms with Crippen molar-refractivity contribution in [3.05, 3.63) is 71.2 Å². The molecule has 1 heterocycles. The number of amides is 1. The van der Waals surface area contributed by atoms with Crippen molar-refractivity contribution in [3.63, 3.8) is 0 Å². The van der Waals surface area contributed by atoms with Crippen molar-refractivity contribution in [1.82, 2.24) is 16.0 Å². The van der Waals surface area contributed by atoms with E-state index < -0.39 is 0 Å². The average Bonchev–Trinajstić information content (AvgIpc) is 3.07. The van der Waals surface area contributed by atoms with Crippen LogP contribution in [0.4, 0.5) is 4.39 Å². The highest BCUT2D eigenvalue weighted by molar-refractivity contribution is 14.0. The van der Waals surface area contributed by atoms with Gasteiger partial charge in [0.25, 0.3) is 0 Å². The summed E-state index contributed by atoms with van der Waals surface area (Å²) in [6.07, 6.45) is 0.222. The molecule has 0 aliphatic rings. The fourth-order valence-electron chi connectivity index (χ4n) is 3.10. The Labute approximate surface area is 198 Å². The fourth-order valence-corrected chi connectivity index (χ4v) is 3.10. The number of nitrogens with zero attached hydrogens (tertiary/aromatic N) is 1. The quantitative estimate of drug-likeness (QED) is 0.176. The van der Waals surface area contributed by atoms with Gasteiger partial charge in [0.2, 0.25) is 5.91 Å². The van der Waals surface area contributed by atoms with Gasteiger partial charge in [-0.2, -0.15) is 0 Å². The molecule has 1 aromatic heterocycles. The molecular formula is C23H28FIN4O2. The first-order valence-corrected chi connectivity index (χ1v) is 10.1. The van der Waals surface area contributed by atoms with Gasteiger partial charge in [0.15, 0.2) is 5.96 Å². The Morgan fingerprint density at radius 2 is 1.74 bits per heavy atom. The summed E-state index contributed by atoms with van der Waals surface area (Å²) in [7, 11) is 0. The molecule has 0 aliphatic heterocycles. The molecule has 0 saturated heterocycles. The van der Waals surface area contributed by atoms with Crippen LogP contribution in [0.3, 0.4) is 0 Å². The van der Waals surface area contributed by atoms with Gasteiger partial charge in [-0.15, -0.1) is 24.0 Å². The number of fused-ring (bicyclic) bond motifs is 1. The molecule has 3 aromatic rings. The van der Waals surface area contributed by atoms with Gasteiger partial charge in [0.05, 0.1) is 6.42 Å². The lowest BCUT2D eigenvalue weighted by atomic mass is 10.1. The number of guanidine groups is 1. The molecule has 0 fully saturated rings. The molecule has 0 bridgehead atoms. The van der Waals surface area contributed by atoms with Gasteiger partial charge in [-0.25, -0.2) is 9.38 Å². The maximum atomic E-state index is 12.9. The summed E-state index contributed by atoms with van der Waals surface area (Å²) in [6, 6.07) is 13.9. The van der Waals surface area contributed by atoms with Gasteiger partial charge in [-0.05, 0) is 37.6 Å². The Kier molecular flexibility index (Phi) is 9.77. The first kappa shape index (κ1) is 24.6. The third-order valence-electron chi connectivity index (χ3n) is 4.69. The fraction of sp³-hybridized carbons (Fsp3) is 0.304. The van der Waals surface area contributed by atoms with Crippen molar-refractivity contribution in [2.24, 2.45) is 4.99 Å². The Hall–Kier alpha value is -2.62. The highest BCUT2D eigenvalue weighted by Crippen LogP contribution is 2.25. The lowest BCUT2D eigenvalue weighted by molar-refractivity contribution is -0.120. The normalized spacial score (nSPS) is 11.1. The van der Waals surface area contributed by atoms with E-state index in [2.05, 4.69) is 20.9 Å².